The molecule has 1 heterocycles. The topological polar surface area (TPSA) is 108 Å². The molecule has 0 aromatic heterocycles. The fourth-order valence-corrected chi connectivity index (χ4v) is 4.51. The largest absolute Gasteiger partial charge is 0.496 e. The summed E-state index contributed by atoms with van der Waals surface area (Å²) < 4.78 is 23.6. The number of fused-ring (bicyclic) bond motifs is 1. The minimum absolute atomic E-state index is 0.0304. The monoisotopic (exact) mass is 557 g/mol. The van der Waals surface area contributed by atoms with Gasteiger partial charge in [0, 0.05) is 43.0 Å². The Hall–Kier alpha value is -3.18. The van der Waals surface area contributed by atoms with Crippen molar-refractivity contribution in [3.8, 4) is 11.5 Å². The van der Waals surface area contributed by atoms with Crippen LogP contribution in [0, 0.1) is 0 Å². The summed E-state index contributed by atoms with van der Waals surface area (Å²) in [7, 11) is 4.63. The van der Waals surface area contributed by atoms with E-state index in [1.165, 1.54) is 7.11 Å². The Morgan fingerprint density at radius 1 is 1.00 bits per heavy atom. The van der Waals surface area contributed by atoms with Crippen molar-refractivity contribution >= 4 is 17.6 Å². The van der Waals surface area contributed by atoms with Crippen molar-refractivity contribution in [2.45, 2.75) is 77.5 Å². The standard InChI is InChI=1S/C30H43N3O7/c1-20(36-7)30(38-9,39-25-16-12-14-23-21(25)17-18-26(34)31-23)32-29(5,6)19-33(28(2,3)4)40-27(35)22-13-10-11-15-24(22)37-8/h10-16,20,32H,17-19H2,1-9H3,(H,31,34). The lowest BCUT2D eigenvalue weighted by Gasteiger charge is -2.46. The lowest BCUT2D eigenvalue weighted by Crippen LogP contribution is -2.68. The third-order valence-electron chi connectivity index (χ3n) is 6.78. The molecule has 0 aliphatic carbocycles. The van der Waals surface area contributed by atoms with Gasteiger partial charge < -0.3 is 29.1 Å². The van der Waals surface area contributed by atoms with E-state index in [-0.39, 0.29) is 12.5 Å². The maximum Gasteiger partial charge on any atom is 0.360 e. The van der Waals surface area contributed by atoms with Crippen LogP contribution in [-0.2, 0) is 25.5 Å². The van der Waals surface area contributed by atoms with Gasteiger partial charge in [-0.1, -0.05) is 18.2 Å². The summed E-state index contributed by atoms with van der Waals surface area (Å²) in [6.07, 6.45) is 0.341. The Kier molecular flexibility index (Phi) is 9.84. The molecule has 2 unspecified atom stereocenters. The van der Waals surface area contributed by atoms with Crippen LogP contribution >= 0.6 is 0 Å². The molecule has 2 aromatic carbocycles. The molecule has 220 valence electrons. The number of hydrogen-bond donors (Lipinski definition) is 2. The number of carbonyl (C=O) groups excluding carboxylic acids is 2. The molecule has 1 aliphatic heterocycles. The second-order valence-corrected chi connectivity index (χ2v) is 11.5. The fourth-order valence-electron chi connectivity index (χ4n) is 4.51. The first-order valence-electron chi connectivity index (χ1n) is 13.4. The minimum atomic E-state index is -1.43. The second-order valence-electron chi connectivity index (χ2n) is 11.5. The molecule has 1 aliphatic rings. The smallest absolute Gasteiger partial charge is 0.360 e. The second kappa shape index (κ2) is 12.6. The van der Waals surface area contributed by atoms with Crippen LogP contribution in [0.25, 0.3) is 0 Å². The number of nitrogens with one attached hydrogen (secondary N) is 2. The maximum atomic E-state index is 13.2. The molecular weight excluding hydrogens is 514 g/mol. The van der Waals surface area contributed by atoms with E-state index in [0.717, 1.165) is 5.56 Å². The van der Waals surface area contributed by atoms with Crippen LogP contribution in [0.3, 0.4) is 0 Å². The van der Waals surface area contributed by atoms with Gasteiger partial charge in [-0.15, -0.1) is 5.06 Å². The highest BCUT2D eigenvalue weighted by Crippen LogP contribution is 2.35. The van der Waals surface area contributed by atoms with Crippen molar-refractivity contribution < 1.29 is 33.4 Å². The van der Waals surface area contributed by atoms with Crippen LogP contribution in [0.4, 0.5) is 5.69 Å². The van der Waals surface area contributed by atoms with Crippen LogP contribution in [0.1, 0.15) is 63.9 Å². The third-order valence-corrected chi connectivity index (χ3v) is 6.78. The lowest BCUT2D eigenvalue weighted by molar-refractivity contribution is -0.261. The molecule has 0 spiro atoms. The van der Waals surface area contributed by atoms with E-state index in [2.05, 4.69) is 10.6 Å². The SMILES string of the molecule is COc1ccccc1C(=O)ON(CC(C)(C)NC(OC)(Oc1cccc2c1CCC(=O)N2)C(C)OC)C(C)(C)C. The van der Waals surface area contributed by atoms with Crippen molar-refractivity contribution in [2.75, 3.05) is 33.2 Å². The first-order valence-corrected chi connectivity index (χ1v) is 13.4. The van der Waals surface area contributed by atoms with E-state index < -0.39 is 29.1 Å². The Morgan fingerprint density at radius 3 is 2.30 bits per heavy atom. The van der Waals surface area contributed by atoms with Gasteiger partial charge in [-0.3, -0.25) is 4.79 Å². The number of anilines is 1. The van der Waals surface area contributed by atoms with Gasteiger partial charge >= 0.3 is 5.97 Å². The normalized spacial score (nSPS) is 16.0. The van der Waals surface area contributed by atoms with Crippen molar-refractivity contribution in [2.24, 2.45) is 0 Å². The number of amides is 1. The van der Waals surface area contributed by atoms with E-state index in [4.69, 9.17) is 23.8 Å². The van der Waals surface area contributed by atoms with Crippen molar-refractivity contribution in [1.29, 1.82) is 0 Å². The first kappa shape index (κ1) is 31.3. The van der Waals surface area contributed by atoms with Gasteiger partial charge in [-0.05, 0) is 72.2 Å². The summed E-state index contributed by atoms with van der Waals surface area (Å²) in [6.45, 7) is 11.9. The molecule has 10 heteroatoms. The zero-order chi connectivity index (χ0) is 29.7. The van der Waals surface area contributed by atoms with Crippen LogP contribution in [-0.4, -0.2) is 67.9 Å². The zero-order valence-corrected chi connectivity index (χ0v) is 25.0. The van der Waals surface area contributed by atoms with Crippen LogP contribution < -0.4 is 20.1 Å². The molecule has 0 fully saturated rings. The van der Waals surface area contributed by atoms with E-state index in [1.54, 1.807) is 43.5 Å². The summed E-state index contributed by atoms with van der Waals surface area (Å²) in [5.41, 5.74) is 0.643. The van der Waals surface area contributed by atoms with Gasteiger partial charge in [0.25, 0.3) is 5.91 Å². The number of methoxy groups -OCH3 is 3. The average molecular weight is 558 g/mol. The molecule has 40 heavy (non-hydrogen) atoms. The average Bonchev–Trinajstić information content (AvgIpc) is 2.90. The molecule has 0 saturated carbocycles. The van der Waals surface area contributed by atoms with Crippen molar-refractivity contribution in [1.82, 2.24) is 10.4 Å². The number of hydroxylamine groups is 2. The summed E-state index contributed by atoms with van der Waals surface area (Å²) in [5.74, 6) is -0.980. The predicted molar refractivity (Wildman–Crippen MR) is 152 cm³/mol. The zero-order valence-electron chi connectivity index (χ0n) is 25.0. The van der Waals surface area contributed by atoms with Gasteiger partial charge in [0.05, 0.1) is 13.7 Å². The summed E-state index contributed by atoms with van der Waals surface area (Å²) in [5, 5.41) is 8.03. The number of nitrogens with zero attached hydrogens (tertiary/aromatic N) is 1. The number of rotatable bonds is 12. The molecule has 3 rings (SSSR count). The molecular formula is C30H43N3O7. The highest BCUT2D eigenvalue weighted by Gasteiger charge is 2.46. The molecule has 1 amide bonds. The number of benzene rings is 2. The summed E-state index contributed by atoms with van der Waals surface area (Å²) >= 11 is 0. The number of ether oxygens (including phenoxy) is 4. The summed E-state index contributed by atoms with van der Waals surface area (Å²) in [6, 6.07) is 12.5. The highest BCUT2D eigenvalue weighted by atomic mass is 16.7. The molecule has 0 bridgehead atoms. The van der Waals surface area contributed by atoms with Crippen LogP contribution in [0.15, 0.2) is 42.5 Å². The Labute approximate surface area is 237 Å². The Bertz CT molecular complexity index is 1190. The highest BCUT2D eigenvalue weighted by molar-refractivity contribution is 5.94. The number of carbonyl (C=O) groups is 2. The summed E-state index contributed by atoms with van der Waals surface area (Å²) in [4.78, 5) is 31.1. The van der Waals surface area contributed by atoms with Crippen molar-refractivity contribution in [3.63, 3.8) is 0 Å². The van der Waals surface area contributed by atoms with E-state index in [1.807, 2.05) is 59.7 Å². The molecule has 0 saturated heterocycles. The van der Waals surface area contributed by atoms with Gasteiger partial charge in [0.1, 0.15) is 23.2 Å². The van der Waals surface area contributed by atoms with Crippen LogP contribution in [0.2, 0.25) is 0 Å². The maximum absolute atomic E-state index is 13.2. The van der Waals surface area contributed by atoms with Crippen molar-refractivity contribution in [3.05, 3.63) is 53.6 Å². The number of para-hydroxylation sites is 1. The van der Waals surface area contributed by atoms with E-state index in [9.17, 15) is 9.59 Å². The lowest BCUT2D eigenvalue weighted by atomic mass is 9.99. The molecule has 2 N–H and O–H groups in total. The number of hydrogen-bond acceptors (Lipinski definition) is 9. The van der Waals surface area contributed by atoms with Crippen LogP contribution in [0.5, 0.6) is 11.5 Å². The van der Waals surface area contributed by atoms with Gasteiger partial charge in [0.2, 0.25) is 5.91 Å². The molecule has 10 nitrogen and oxygen atoms in total. The molecule has 2 aromatic rings. The molecule has 2 atom stereocenters. The van der Waals surface area contributed by atoms with Gasteiger partial charge in [-0.25, -0.2) is 10.1 Å². The fraction of sp³-hybridized carbons (Fsp3) is 0.533. The third kappa shape index (κ3) is 7.31. The van der Waals surface area contributed by atoms with E-state index in [0.29, 0.717) is 35.6 Å². The van der Waals surface area contributed by atoms with Gasteiger partial charge in [0.15, 0.2) is 0 Å². The quantitative estimate of drug-likeness (QED) is 0.287. The van der Waals surface area contributed by atoms with E-state index >= 15 is 0 Å². The minimum Gasteiger partial charge on any atom is -0.496 e. The Balaban J connectivity index is 1.90. The first-order chi connectivity index (χ1) is 18.7. The van der Waals surface area contributed by atoms with Gasteiger partial charge in [-0.2, -0.15) is 0 Å². The Morgan fingerprint density at radius 2 is 1.68 bits per heavy atom. The predicted octanol–water partition coefficient (Wildman–Crippen LogP) is 4.53. The molecule has 0 radical (unpaired) electrons.